The Balaban J connectivity index is 2.77. The molecule has 14 heteroatoms. The summed E-state index contributed by atoms with van der Waals surface area (Å²) in [5.74, 6) is -3.50. The van der Waals surface area contributed by atoms with Crippen molar-refractivity contribution in [3.05, 3.63) is 18.2 Å². The van der Waals surface area contributed by atoms with E-state index in [1.54, 1.807) is 13.8 Å². The number of aromatic amines is 1. The van der Waals surface area contributed by atoms with Crippen molar-refractivity contribution < 1.29 is 24.3 Å². The Morgan fingerprint density at radius 1 is 1.09 bits per heavy atom. The van der Waals surface area contributed by atoms with Gasteiger partial charge in [0, 0.05) is 24.9 Å². The van der Waals surface area contributed by atoms with Crippen LogP contribution in [-0.4, -0.2) is 75.4 Å². The SMILES string of the molecule is CC(NC(=O)C(N)CCCN=C(N)N)C(=O)NC(Cc1cnc[nH]1)C(=O)NC(C(=O)O)C(C)C. The van der Waals surface area contributed by atoms with E-state index in [1.807, 2.05) is 0 Å². The molecule has 11 N–H and O–H groups in total. The van der Waals surface area contributed by atoms with Gasteiger partial charge in [-0.15, -0.1) is 0 Å². The van der Waals surface area contributed by atoms with Crippen molar-refractivity contribution in [1.82, 2.24) is 25.9 Å². The molecule has 3 amide bonds. The van der Waals surface area contributed by atoms with Crippen molar-refractivity contribution >= 4 is 29.7 Å². The molecular formula is C20H35N9O5. The highest BCUT2D eigenvalue weighted by Crippen LogP contribution is 2.05. The van der Waals surface area contributed by atoms with Crippen LogP contribution in [0.25, 0.3) is 0 Å². The minimum absolute atomic E-state index is 0.0347. The van der Waals surface area contributed by atoms with Gasteiger partial charge in [-0.3, -0.25) is 19.4 Å². The number of guanidine groups is 1. The van der Waals surface area contributed by atoms with Gasteiger partial charge in [-0.2, -0.15) is 0 Å². The van der Waals surface area contributed by atoms with Crippen LogP contribution in [0.15, 0.2) is 17.5 Å². The monoisotopic (exact) mass is 481 g/mol. The van der Waals surface area contributed by atoms with E-state index >= 15 is 0 Å². The van der Waals surface area contributed by atoms with Crippen LogP contribution in [0, 0.1) is 5.92 Å². The van der Waals surface area contributed by atoms with Crippen molar-refractivity contribution in [2.45, 2.75) is 64.2 Å². The molecule has 34 heavy (non-hydrogen) atoms. The molecule has 190 valence electrons. The summed E-state index contributed by atoms with van der Waals surface area (Å²) in [6.07, 6.45) is 3.70. The zero-order chi connectivity index (χ0) is 25.8. The fourth-order valence-corrected chi connectivity index (χ4v) is 2.93. The van der Waals surface area contributed by atoms with E-state index in [9.17, 15) is 24.3 Å². The Labute approximate surface area is 197 Å². The topological polar surface area (TPSA) is 244 Å². The molecule has 0 spiro atoms. The van der Waals surface area contributed by atoms with Crippen molar-refractivity contribution in [3.8, 4) is 0 Å². The molecule has 4 unspecified atom stereocenters. The van der Waals surface area contributed by atoms with Crippen LogP contribution in [-0.2, 0) is 25.6 Å². The normalized spacial score (nSPS) is 14.4. The number of carbonyl (C=O) groups excluding carboxylic acids is 3. The van der Waals surface area contributed by atoms with Gasteiger partial charge in [-0.25, -0.2) is 9.78 Å². The van der Waals surface area contributed by atoms with Crippen LogP contribution in [0.1, 0.15) is 39.3 Å². The predicted octanol–water partition coefficient (Wildman–Crippen LogP) is -2.45. The minimum atomic E-state index is -1.19. The second kappa shape index (κ2) is 13.8. The number of hydrogen-bond acceptors (Lipinski definition) is 7. The Morgan fingerprint density at radius 3 is 2.29 bits per heavy atom. The Hall–Kier alpha value is -3.68. The molecule has 14 nitrogen and oxygen atoms in total. The molecule has 1 rings (SSSR count). The third kappa shape index (κ3) is 9.85. The van der Waals surface area contributed by atoms with Gasteiger partial charge < -0.3 is 43.2 Å². The van der Waals surface area contributed by atoms with Crippen molar-refractivity contribution in [2.24, 2.45) is 28.1 Å². The predicted molar refractivity (Wildman–Crippen MR) is 124 cm³/mol. The Bertz CT molecular complexity index is 853. The van der Waals surface area contributed by atoms with Gasteiger partial charge in [0.2, 0.25) is 17.7 Å². The Kier molecular flexibility index (Phi) is 11.5. The maximum absolute atomic E-state index is 12.8. The van der Waals surface area contributed by atoms with Gasteiger partial charge in [-0.05, 0) is 25.7 Å². The van der Waals surface area contributed by atoms with Crippen molar-refractivity contribution in [1.29, 1.82) is 0 Å². The molecule has 0 aliphatic rings. The first-order valence-corrected chi connectivity index (χ1v) is 10.8. The number of aliphatic carboxylic acids is 1. The van der Waals surface area contributed by atoms with Gasteiger partial charge >= 0.3 is 5.97 Å². The third-order valence-corrected chi connectivity index (χ3v) is 4.90. The number of carboxylic acids is 1. The lowest BCUT2D eigenvalue weighted by Gasteiger charge is -2.24. The fraction of sp³-hybridized carbons (Fsp3) is 0.600. The fourth-order valence-electron chi connectivity index (χ4n) is 2.93. The van der Waals surface area contributed by atoms with Gasteiger partial charge in [0.1, 0.15) is 18.1 Å². The number of H-pyrrole nitrogens is 1. The molecule has 0 aliphatic heterocycles. The molecule has 1 aromatic heterocycles. The first kappa shape index (κ1) is 28.4. The van der Waals surface area contributed by atoms with Crippen molar-refractivity contribution in [3.63, 3.8) is 0 Å². The first-order valence-electron chi connectivity index (χ1n) is 10.8. The molecule has 1 heterocycles. The van der Waals surface area contributed by atoms with Crippen LogP contribution >= 0.6 is 0 Å². The molecular weight excluding hydrogens is 446 g/mol. The third-order valence-electron chi connectivity index (χ3n) is 4.90. The van der Waals surface area contributed by atoms with E-state index < -0.39 is 47.9 Å². The highest BCUT2D eigenvalue weighted by atomic mass is 16.4. The van der Waals surface area contributed by atoms with E-state index in [1.165, 1.54) is 19.4 Å². The van der Waals surface area contributed by atoms with Crippen LogP contribution < -0.4 is 33.2 Å². The van der Waals surface area contributed by atoms with Crippen LogP contribution in [0.4, 0.5) is 0 Å². The quantitative estimate of drug-likeness (QED) is 0.0797. The number of imidazole rings is 1. The van der Waals surface area contributed by atoms with Crippen molar-refractivity contribution in [2.75, 3.05) is 6.54 Å². The molecule has 0 aliphatic carbocycles. The largest absolute Gasteiger partial charge is 0.480 e. The number of amides is 3. The molecule has 0 aromatic carbocycles. The van der Waals surface area contributed by atoms with Gasteiger partial charge in [0.15, 0.2) is 5.96 Å². The average Bonchev–Trinajstić information content (AvgIpc) is 3.26. The smallest absolute Gasteiger partial charge is 0.326 e. The van der Waals surface area contributed by atoms with E-state index in [-0.39, 0.29) is 18.3 Å². The Morgan fingerprint density at radius 2 is 1.76 bits per heavy atom. The van der Waals surface area contributed by atoms with E-state index in [0.717, 1.165) is 0 Å². The van der Waals surface area contributed by atoms with E-state index in [4.69, 9.17) is 17.2 Å². The molecule has 0 radical (unpaired) electrons. The summed E-state index contributed by atoms with van der Waals surface area (Å²) in [5.41, 5.74) is 16.9. The highest BCUT2D eigenvalue weighted by Gasteiger charge is 2.30. The maximum atomic E-state index is 12.8. The minimum Gasteiger partial charge on any atom is -0.480 e. The number of carbonyl (C=O) groups is 4. The molecule has 4 atom stereocenters. The number of nitrogens with one attached hydrogen (secondary N) is 4. The molecule has 0 saturated heterocycles. The van der Waals surface area contributed by atoms with Gasteiger partial charge in [0.25, 0.3) is 0 Å². The average molecular weight is 482 g/mol. The summed E-state index contributed by atoms with van der Waals surface area (Å²) in [6, 6.07) is -4.13. The number of rotatable bonds is 14. The van der Waals surface area contributed by atoms with E-state index in [0.29, 0.717) is 25.1 Å². The van der Waals surface area contributed by atoms with E-state index in [2.05, 4.69) is 30.9 Å². The van der Waals surface area contributed by atoms with Crippen LogP contribution in [0.5, 0.6) is 0 Å². The van der Waals surface area contributed by atoms with Gasteiger partial charge in [0.05, 0.1) is 12.4 Å². The molecule has 0 bridgehead atoms. The summed E-state index contributed by atoms with van der Waals surface area (Å²) in [7, 11) is 0. The maximum Gasteiger partial charge on any atom is 0.326 e. The number of nitrogens with zero attached hydrogens (tertiary/aromatic N) is 2. The number of carboxylic acid groups (broad SMARTS) is 1. The standard InChI is InChI=1S/C20H35N9O5/c1-10(2)15(19(33)34)29-18(32)14(7-12-8-24-9-26-12)28-16(30)11(3)27-17(31)13(21)5-4-6-25-20(22)23/h8-11,13-15H,4-7,21H2,1-3H3,(H,24,26)(H,27,31)(H,28,30)(H,29,32)(H,33,34)(H4,22,23,25). The van der Waals surface area contributed by atoms with Gasteiger partial charge in [-0.1, -0.05) is 13.8 Å². The number of hydrogen-bond donors (Lipinski definition) is 8. The molecule has 0 saturated carbocycles. The summed E-state index contributed by atoms with van der Waals surface area (Å²) < 4.78 is 0. The summed E-state index contributed by atoms with van der Waals surface area (Å²) in [5, 5.41) is 16.9. The number of nitrogens with two attached hydrogens (primary N) is 3. The van der Waals surface area contributed by atoms with Crippen LogP contribution in [0.3, 0.4) is 0 Å². The summed E-state index contributed by atoms with van der Waals surface area (Å²) in [4.78, 5) is 59.8. The lowest BCUT2D eigenvalue weighted by Crippen LogP contribution is -2.57. The zero-order valence-electron chi connectivity index (χ0n) is 19.6. The summed E-state index contributed by atoms with van der Waals surface area (Å²) >= 11 is 0. The first-order chi connectivity index (χ1) is 15.9. The highest BCUT2D eigenvalue weighted by molar-refractivity contribution is 5.94. The number of aliphatic imine (C=N–C) groups is 1. The zero-order valence-corrected chi connectivity index (χ0v) is 19.6. The van der Waals surface area contributed by atoms with Crippen LogP contribution in [0.2, 0.25) is 0 Å². The molecule has 1 aromatic rings. The lowest BCUT2D eigenvalue weighted by atomic mass is 10.0. The lowest BCUT2D eigenvalue weighted by molar-refractivity contribution is -0.143. The second-order valence-electron chi connectivity index (χ2n) is 8.20. The second-order valence-corrected chi connectivity index (χ2v) is 8.20. The number of aromatic nitrogens is 2. The summed E-state index contributed by atoms with van der Waals surface area (Å²) in [6.45, 7) is 5.07. The molecule has 0 fully saturated rings.